The van der Waals surface area contributed by atoms with Crippen LogP contribution in [0.15, 0.2) is 23.7 Å². The molecule has 0 fully saturated rings. The number of nitrogens with one attached hydrogen (secondary N) is 1. The molecule has 0 aliphatic rings. The Labute approximate surface area is 114 Å². The van der Waals surface area contributed by atoms with Crippen molar-refractivity contribution in [2.24, 2.45) is 0 Å². The number of thiazole rings is 1. The van der Waals surface area contributed by atoms with Crippen molar-refractivity contribution in [1.82, 2.24) is 9.97 Å². The van der Waals surface area contributed by atoms with Crippen molar-refractivity contribution in [2.75, 3.05) is 5.32 Å². The molecule has 0 spiro atoms. The van der Waals surface area contributed by atoms with Gasteiger partial charge in [-0.2, -0.15) is 0 Å². The largest absolute Gasteiger partial charge is 0.319 e. The predicted molar refractivity (Wildman–Crippen MR) is 73.4 cm³/mol. The minimum atomic E-state index is -0.234. The second-order valence-electron chi connectivity index (χ2n) is 4.05. The van der Waals surface area contributed by atoms with Gasteiger partial charge in [-0.3, -0.25) is 4.79 Å². The van der Waals surface area contributed by atoms with Gasteiger partial charge in [0.05, 0.1) is 16.9 Å². The first-order valence-electron chi connectivity index (χ1n) is 5.44. The van der Waals surface area contributed by atoms with Gasteiger partial charge in [0.25, 0.3) is 5.91 Å². The minimum Gasteiger partial charge on any atom is -0.319 e. The quantitative estimate of drug-likeness (QED) is 0.875. The molecule has 4 nitrogen and oxygen atoms in total. The van der Waals surface area contributed by atoms with Gasteiger partial charge in [0.1, 0.15) is 10.8 Å². The SMILES string of the molecule is CC(C)c1nc(C(=O)Nc2ccc(Cl)nc2)cs1. The van der Waals surface area contributed by atoms with E-state index in [0.29, 0.717) is 22.5 Å². The number of rotatable bonds is 3. The summed E-state index contributed by atoms with van der Waals surface area (Å²) in [5.74, 6) is 0.0935. The lowest BCUT2D eigenvalue weighted by atomic mass is 10.2. The van der Waals surface area contributed by atoms with Crippen LogP contribution in [0.3, 0.4) is 0 Å². The van der Waals surface area contributed by atoms with Crippen molar-refractivity contribution in [1.29, 1.82) is 0 Å². The summed E-state index contributed by atoms with van der Waals surface area (Å²) < 4.78 is 0. The number of pyridine rings is 1. The van der Waals surface area contributed by atoms with Gasteiger partial charge in [0.2, 0.25) is 0 Å². The average molecular weight is 282 g/mol. The zero-order chi connectivity index (χ0) is 13.1. The molecular weight excluding hydrogens is 270 g/mol. The molecule has 1 amide bonds. The molecule has 6 heteroatoms. The molecule has 18 heavy (non-hydrogen) atoms. The van der Waals surface area contributed by atoms with Crippen LogP contribution >= 0.6 is 22.9 Å². The Bertz CT molecular complexity index is 551. The summed E-state index contributed by atoms with van der Waals surface area (Å²) in [5.41, 5.74) is 1.03. The summed E-state index contributed by atoms with van der Waals surface area (Å²) in [7, 11) is 0. The van der Waals surface area contributed by atoms with Crippen LogP contribution in [0.5, 0.6) is 0 Å². The maximum absolute atomic E-state index is 11.9. The standard InChI is InChI=1S/C12H12ClN3OS/c1-7(2)12-16-9(6-18-12)11(17)15-8-3-4-10(13)14-5-8/h3-7H,1-2H3,(H,15,17). The van der Waals surface area contributed by atoms with Gasteiger partial charge < -0.3 is 5.32 Å². The number of hydrogen-bond donors (Lipinski definition) is 1. The highest BCUT2D eigenvalue weighted by molar-refractivity contribution is 7.09. The van der Waals surface area contributed by atoms with Crippen LogP contribution in [0.2, 0.25) is 5.15 Å². The third-order valence-corrected chi connectivity index (χ3v) is 3.60. The van der Waals surface area contributed by atoms with E-state index in [2.05, 4.69) is 15.3 Å². The van der Waals surface area contributed by atoms with E-state index in [1.807, 2.05) is 13.8 Å². The van der Waals surface area contributed by atoms with Crippen molar-refractivity contribution >= 4 is 34.5 Å². The van der Waals surface area contributed by atoms with Crippen LogP contribution in [-0.2, 0) is 0 Å². The van der Waals surface area contributed by atoms with Crippen molar-refractivity contribution in [2.45, 2.75) is 19.8 Å². The Morgan fingerprint density at radius 3 is 2.78 bits per heavy atom. The molecular formula is C12H12ClN3OS. The smallest absolute Gasteiger partial charge is 0.275 e. The lowest BCUT2D eigenvalue weighted by molar-refractivity contribution is 0.102. The second-order valence-corrected chi connectivity index (χ2v) is 5.33. The molecule has 2 rings (SSSR count). The maximum atomic E-state index is 11.9. The van der Waals surface area contributed by atoms with E-state index < -0.39 is 0 Å². The summed E-state index contributed by atoms with van der Waals surface area (Å²) >= 11 is 7.16. The van der Waals surface area contributed by atoms with E-state index in [4.69, 9.17) is 11.6 Å². The third kappa shape index (κ3) is 3.05. The molecule has 2 aromatic rings. The molecule has 94 valence electrons. The van der Waals surface area contributed by atoms with Gasteiger partial charge in [0.15, 0.2) is 0 Å². The first-order valence-corrected chi connectivity index (χ1v) is 6.70. The molecule has 0 aliphatic heterocycles. The topological polar surface area (TPSA) is 54.9 Å². The Morgan fingerprint density at radius 1 is 1.44 bits per heavy atom. The van der Waals surface area contributed by atoms with Crippen LogP contribution in [0.1, 0.15) is 35.3 Å². The summed E-state index contributed by atoms with van der Waals surface area (Å²) in [5, 5.41) is 5.83. The van der Waals surface area contributed by atoms with Crippen molar-refractivity contribution in [3.63, 3.8) is 0 Å². The highest BCUT2D eigenvalue weighted by Crippen LogP contribution is 2.20. The fourth-order valence-electron chi connectivity index (χ4n) is 1.30. The van der Waals surface area contributed by atoms with E-state index in [1.165, 1.54) is 17.5 Å². The molecule has 0 atom stereocenters. The van der Waals surface area contributed by atoms with Gasteiger partial charge in [-0.1, -0.05) is 25.4 Å². The van der Waals surface area contributed by atoms with Crippen LogP contribution in [0.25, 0.3) is 0 Å². The Kier molecular flexibility index (Phi) is 3.93. The first-order chi connectivity index (χ1) is 8.56. The van der Waals surface area contributed by atoms with Crippen LogP contribution in [0, 0.1) is 0 Å². The Hall–Kier alpha value is -1.46. The van der Waals surface area contributed by atoms with E-state index in [9.17, 15) is 4.79 Å². The van der Waals surface area contributed by atoms with E-state index in [0.717, 1.165) is 5.01 Å². The molecule has 0 aliphatic carbocycles. The molecule has 2 heterocycles. The van der Waals surface area contributed by atoms with Gasteiger partial charge in [-0.15, -0.1) is 11.3 Å². The fraction of sp³-hybridized carbons (Fsp3) is 0.250. The lowest BCUT2D eigenvalue weighted by Gasteiger charge is -2.02. The van der Waals surface area contributed by atoms with Crippen LogP contribution in [-0.4, -0.2) is 15.9 Å². The normalized spacial score (nSPS) is 10.7. The minimum absolute atomic E-state index is 0.234. The molecule has 2 aromatic heterocycles. The van der Waals surface area contributed by atoms with E-state index in [-0.39, 0.29) is 5.91 Å². The number of carbonyl (C=O) groups excluding carboxylic acids is 1. The number of anilines is 1. The Morgan fingerprint density at radius 2 is 2.22 bits per heavy atom. The van der Waals surface area contributed by atoms with E-state index in [1.54, 1.807) is 17.5 Å². The number of nitrogens with zero attached hydrogens (tertiary/aromatic N) is 2. The molecule has 0 saturated carbocycles. The number of aromatic nitrogens is 2. The van der Waals surface area contributed by atoms with Crippen molar-refractivity contribution in [3.05, 3.63) is 39.6 Å². The zero-order valence-corrected chi connectivity index (χ0v) is 11.5. The van der Waals surface area contributed by atoms with Gasteiger partial charge in [0, 0.05) is 11.3 Å². The summed E-state index contributed by atoms with van der Waals surface area (Å²) in [6, 6.07) is 3.32. The maximum Gasteiger partial charge on any atom is 0.275 e. The zero-order valence-electron chi connectivity index (χ0n) is 9.98. The number of hydrogen-bond acceptors (Lipinski definition) is 4. The molecule has 0 radical (unpaired) electrons. The number of carbonyl (C=O) groups is 1. The Balaban J connectivity index is 2.09. The third-order valence-electron chi connectivity index (χ3n) is 2.23. The second kappa shape index (κ2) is 5.46. The highest BCUT2D eigenvalue weighted by Gasteiger charge is 2.12. The monoisotopic (exact) mass is 281 g/mol. The van der Waals surface area contributed by atoms with Gasteiger partial charge in [-0.05, 0) is 12.1 Å². The highest BCUT2D eigenvalue weighted by atomic mass is 35.5. The fourth-order valence-corrected chi connectivity index (χ4v) is 2.23. The summed E-state index contributed by atoms with van der Waals surface area (Å²) in [6.45, 7) is 4.09. The molecule has 0 aromatic carbocycles. The summed E-state index contributed by atoms with van der Waals surface area (Å²) in [6.07, 6.45) is 1.51. The van der Waals surface area contributed by atoms with Gasteiger partial charge in [-0.25, -0.2) is 9.97 Å². The van der Waals surface area contributed by atoms with Gasteiger partial charge >= 0.3 is 0 Å². The molecule has 1 N–H and O–H groups in total. The predicted octanol–water partition coefficient (Wildman–Crippen LogP) is 3.57. The van der Waals surface area contributed by atoms with Crippen LogP contribution < -0.4 is 5.32 Å². The van der Waals surface area contributed by atoms with Crippen molar-refractivity contribution in [3.8, 4) is 0 Å². The number of amides is 1. The molecule has 0 bridgehead atoms. The van der Waals surface area contributed by atoms with E-state index >= 15 is 0 Å². The first kappa shape index (κ1) is 13.0. The number of halogens is 1. The average Bonchev–Trinajstić information content (AvgIpc) is 2.81. The van der Waals surface area contributed by atoms with Crippen LogP contribution in [0.4, 0.5) is 5.69 Å². The molecule has 0 unspecified atom stereocenters. The summed E-state index contributed by atoms with van der Waals surface area (Å²) in [4.78, 5) is 20.1. The lowest BCUT2D eigenvalue weighted by Crippen LogP contribution is -2.12. The molecule has 0 saturated heterocycles. The van der Waals surface area contributed by atoms with Crippen molar-refractivity contribution < 1.29 is 4.79 Å².